The lowest BCUT2D eigenvalue weighted by molar-refractivity contribution is -0.159. The van der Waals surface area contributed by atoms with Gasteiger partial charge < -0.3 is 19.6 Å². The minimum atomic E-state index is -0.923. The molecule has 1 aromatic rings. The molecule has 1 atom stereocenters. The normalized spacial score (nSPS) is 24.1. The number of aromatic nitrogens is 2. The first-order valence-corrected chi connectivity index (χ1v) is 8.21. The lowest BCUT2D eigenvalue weighted by Crippen LogP contribution is -2.54. The Morgan fingerprint density at radius 2 is 2.12 bits per heavy atom. The number of anilines is 1. The number of carbonyl (C=O) groups is 2. The summed E-state index contributed by atoms with van der Waals surface area (Å²) in [6.45, 7) is 2.99. The van der Waals surface area contributed by atoms with Crippen LogP contribution in [0.5, 0.6) is 0 Å². The molecule has 1 amide bonds. The average molecular weight is 349 g/mol. The highest BCUT2D eigenvalue weighted by Gasteiger charge is 2.43. The molecule has 0 radical (unpaired) electrons. The van der Waals surface area contributed by atoms with Crippen LogP contribution in [0.1, 0.15) is 12.0 Å². The van der Waals surface area contributed by atoms with Crippen molar-refractivity contribution in [3.8, 4) is 0 Å². The molecule has 0 aliphatic carbocycles. The van der Waals surface area contributed by atoms with Gasteiger partial charge in [-0.25, -0.2) is 9.97 Å². The van der Waals surface area contributed by atoms with Gasteiger partial charge in [0.15, 0.2) is 0 Å². The zero-order chi connectivity index (χ0) is 18.0. The summed E-state index contributed by atoms with van der Waals surface area (Å²) in [5.41, 5.74) is 0.690. The van der Waals surface area contributed by atoms with Crippen LogP contribution >= 0.6 is 0 Å². The predicted octanol–water partition coefficient (Wildman–Crippen LogP) is -0.569. The number of hydrogen-bond acceptors (Lipinski definition) is 7. The topological polar surface area (TPSA) is 99.1 Å². The number of morpholine rings is 1. The molecule has 2 aliphatic heterocycles. The largest absolute Gasteiger partial charge is 0.480 e. The van der Waals surface area contributed by atoms with Crippen LogP contribution in [0.4, 0.5) is 5.95 Å². The van der Waals surface area contributed by atoms with E-state index in [1.54, 1.807) is 24.3 Å². The third-order valence-corrected chi connectivity index (χ3v) is 4.66. The maximum absolute atomic E-state index is 11.6. The van der Waals surface area contributed by atoms with Crippen molar-refractivity contribution in [3.63, 3.8) is 0 Å². The third kappa shape index (κ3) is 4.05. The second-order valence-corrected chi connectivity index (χ2v) is 6.82. The van der Waals surface area contributed by atoms with Crippen molar-refractivity contribution in [2.24, 2.45) is 0 Å². The molecule has 136 valence electrons. The molecular weight excluding hydrogens is 326 g/mol. The van der Waals surface area contributed by atoms with Crippen LogP contribution in [0.3, 0.4) is 0 Å². The highest BCUT2D eigenvalue weighted by Crippen LogP contribution is 2.30. The SMILES string of the molecule is CN1C[C@]2(CCN(Cc3cnc(N(C)CC(=O)O)nc3)C2)OCC1=O. The minimum Gasteiger partial charge on any atom is -0.480 e. The van der Waals surface area contributed by atoms with E-state index in [9.17, 15) is 9.59 Å². The molecule has 3 rings (SSSR count). The van der Waals surface area contributed by atoms with Gasteiger partial charge in [0.1, 0.15) is 18.8 Å². The van der Waals surface area contributed by atoms with Crippen LogP contribution < -0.4 is 4.90 Å². The van der Waals surface area contributed by atoms with Gasteiger partial charge in [-0.05, 0) is 6.42 Å². The zero-order valence-corrected chi connectivity index (χ0v) is 14.5. The molecule has 9 nitrogen and oxygen atoms in total. The van der Waals surface area contributed by atoms with Crippen LogP contribution in [-0.4, -0.2) is 89.2 Å². The molecule has 1 N–H and O–H groups in total. The van der Waals surface area contributed by atoms with Gasteiger partial charge in [-0.3, -0.25) is 14.5 Å². The molecule has 1 spiro atoms. The van der Waals surface area contributed by atoms with Gasteiger partial charge in [-0.2, -0.15) is 0 Å². The number of rotatable bonds is 5. The highest BCUT2D eigenvalue weighted by molar-refractivity contribution is 5.78. The van der Waals surface area contributed by atoms with Crippen molar-refractivity contribution >= 4 is 17.8 Å². The summed E-state index contributed by atoms with van der Waals surface area (Å²) >= 11 is 0. The number of carboxylic acids is 1. The van der Waals surface area contributed by atoms with E-state index in [1.807, 2.05) is 7.05 Å². The summed E-state index contributed by atoms with van der Waals surface area (Å²) in [4.78, 5) is 36.3. The average Bonchev–Trinajstić information content (AvgIpc) is 2.94. The molecule has 2 aliphatic rings. The summed E-state index contributed by atoms with van der Waals surface area (Å²) < 4.78 is 5.84. The quantitative estimate of drug-likeness (QED) is 0.755. The number of hydrogen-bond donors (Lipinski definition) is 1. The van der Waals surface area contributed by atoms with Gasteiger partial charge in [0.05, 0.1) is 6.54 Å². The van der Waals surface area contributed by atoms with Crippen LogP contribution in [0, 0.1) is 0 Å². The summed E-state index contributed by atoms with van der Waals surface area (Å²) in [5, 5.41) is 8.81. The summed E-state index contributed by atoms with van der Waals surface area (Å²) in [6.07, 6.45) is 4.34. The third-order valence-electron chi connectivity index (χ3n) is 4.66. The van der Waals surface area contributed by atoms with Gasteiger partial charge in [0, 0.05) is 51.7 Å². The lowest BCUT2D eigenvalue weighted by Gasteiger charge is -2.38. The summed E-state index contributed by atoms with van der Waals surface area (Å²) in [6, 6.07) is 0. The van der Waals surface area contributed by atoms with Gasteiger partial charge >= 0.3 is 5.97 Å². The van der Waals surface area contributed by atoms with Crippen LogP contribution in [0.2, 0.25) is 0 Å². The Labute approximate surface area is 146 Å². The molecule has 1 aromatic heterocycles. The molecule has 2 fully saturated rings. The van der Waals surface area contributed by atoms with Crippen LogP contribution in [0.25, 0.3) is 0 Å². The van der Waals surface area contributed by atoms with E-state index in [4.69, 9.17) is 9.84 Å². The smallest absolute Gasteiger partial charge is 0.323 e. The highest BCUT2D eigenvalue weighted by atomic mass is 16.5. The minimum absolute atomic E-state index is 0.0264. The van der Waals surface area contributed by atoms with Gasteiger partial charge in [-0.15, -0.1) is 0 Å². The second kappa shape index (κ2) is 6.93. The molecule has 0 aromatic carbocycles. The Morgan fingerprint density at radius 3 is 2.76 bits per heavy atom. The molecular formula is C16H23N5O4. The van der Waals surface area contributed by atoms with E-state index in [0.717, 1.165) is 25.1 Å². The molecule has 0 unspecified atom stereocenters. The molecule has 2 saturated heterocycles. The van der Waals surface area contributed by atoms with Crippen LogP contribution in [-0.2, 0) is 20.9 Å². The van der Waals surface area contributed by atoms with Gasteiger partial charge in [-0.1, -0.05) is 0 Å². The molecule has 25 heavy (non-hydrogen) atoms. The van der Waals surface area contributed by atoms with Crippen LogP contribution in [0.15, 0.2) is 12.4 Å². The Bertz CT molecular complexity index is 652. The number of ether oxygens (including phenoxy) is 1. The number of likely N-dealkylation sites (N-methyl/N-ethyl adjacent to an activating group) is 2. The number of aliphatic carboxylic acids is 1. The Hall–Kier alpha value is -2.26. The van der Waals surface area contributed by atoms with Crippen molar-refractivity contribution in [2.75, 3.05) is 51.8 Å². The van der Waals surface area contributed by atoms with Crippen molar-refractivity contribution < 1.29 is 19.4 Å². The fourth-order valence-corrected chi connectivity index (χ4v) is 3.36. The second-order valence-electron chi connectivity index (χ2n) is 6.82. The fraction of sp³-hybridized carbons (Fsp3) is 0.625. The van der Waals surface area contributed by atoms with Crippen molar-refractivity contribution in [2.45, 2.75) is 18.6 Å². The number of nitrogens with zero attached hydrogens (tertiary/aromatic N) is 5. The van der Waals surface area contributed by atoms with E-state index >= 15 is 0 Å². The number of carbonyl (C=O) groups excluding carboxylic acids is 1. The number of carboxylic acid groups (broad SMARTS) is 1. The van der Waals surface area contributed by atoms with Crippen molar-refractivity contribution in [1.29, 1.82) is 0 Å². The summed E-state index contributed by atoms with van der Waals surface area (Å²) in [5.74, 6) is -0.508. The zero-order valence-electron chi connectivity index (χ0n) is 14.5. The Morgan fingerprint density at radius 1 is 1.40 bits per heavy atom. The predicted molar refractivity (Wildman–Crippen MR) is 89.2 cm³/mol. The first-order valence-electron chi connectivity index (χ1n) is 8.21. The van der Waals surface area contributed by atoms with E-state index in [2.05, 4.69) is 14.9 Å². The van der Waals surface area contributed by atoms with E-state index in [1.165, 1.54) is 4.90 Å². The van der Waals surface area contributed by atoms with E-state index in [-0.39, 0.29) is 24.7 Å². The first kappa shape index (κ1) is 17.6. The molecule has 3 heterocycles. The van der Waals surface area contributed by atoms with Gasteiger partial charge in [0.2, 0.25) is 11.9 Å². The number of likely N-dealkylation sites (tertiary alicyclic amines) is 1. The maximum Gasteiger partial charge on any atom is 0.323 e. The van der Waals surface area contributed by atoms with Crippen molar-refractivity contribution in [1.82, 2.24) is 19.8 Å². The lowest BCUT2D eigenvalue weighted by atomic mass is 10.0. The molecule has 0 saturated carbocycles. The monoisotopic (exact) mass is 349 g/mol. The summed E-state index contributed by atoms with van der Waals surface area (Å²) in [7, 11) is 3.46. The Balaban J connectivity index is 1.57. The van der Waals surface area contributed by atoms with Gasteiger partial charge in [0.25, 0.3) is 0 Å². The first-order chi connectivity index (χ1) is 11.9. The van der Waals surface area contributed by atoms with E-state index < -0.39 is 5.97 Å². The standard InChI is InChI=1S/C16H23N5O4/c1-19(8-14(23)24)15-17-5-12(6-18-15)7-21-4-3-16(11-21)10-20(2)13(22)9-25-16/h5-6H,3-4,7-11H2,1-2H3,(H,23,24)/t16-/m0/s1. The number of amides is 1. The van der Waals surface area contributed by atoms with Crippen molar-refractivity contribution in [3.05, 3.63) is 18.0 Å². The molecule has 9 heteroatoms. The van der Waals surface area contributed by atoms with E-state index in [0.29, 0.717) is 19.0 Å². The fourth-order valence-electron chi connectivity index (χ4n) is 3.36. The molecule has 0 bridgehead atoms. The maximum atomic E-state index is 11.6. The Kier molecular flexibility index (Phi) is 4.87.